The van der Waals surface area contributed by atoms with E-state index in [0.717, 1.165) is 41.9 Å². The topological polar surface area (TPSA) is 17.1 Å². The van der Waals surface area contributed by atoms with Crippen LogP contribution in [-0.4, -0.2) is 5.78 Å². The van der Waals surface area contributed by atoms with Gasteiger partial charge in [-0.3, -0.25) is 4.79 Å². The zero-order valence-corrected chi connectivity index (χ0v) is 14.8. The molecular weight excluding hydrogens is 256 g/mol. The Bertz CT molecular complexity index is 468. The molecule has 0 aromatic rings. The second kappa shape index (κ2) is 7.24. The van der Waals surface area contributed by atoms with Crippen molar-refractivity contribution in [3.05, 3.63) is 34.9 Å². The lowest BCUT2D eigenvalue weighted by Gasteiger charge is -2.35. The van der Waals surface area contributed by atoms with Crippen LogP contribution in [0.15, 0.2) is 34.9 Å². The number of hydrogen-bond donors (Lipinski definition) is 0. The Labute approximate surface area is 131 Å². The zero-order valence-electron chi connectivity index (χ0n) is 14.8. The largest absolute Gasteiger partial charge is 0.294 e. The van der Waals surface area contributed by atoms with E-state index in [0.29, 0.717) is 5.78 Å². The lowest BCUT2D eigenvalue weighted by Crippen LogP contribution is -2.32. The lowest BCUT2D eigenvalue weighted by atomic mass is 9.67. The van der Waals surface area contributed by atoms with Gasteiger partial charge in [0.2, 0.25) is 0 Å². The van der Waals surface area contributed by atoms with E-state index in [1.165, 1.54) is 18.4 Å². The van der Waals surface area contributed by atoms with Crippen molar-refractivity contribution in [2.75, 3.05) is 0 Å². The number of rotatable bonds is 2. The molecule has 1 heteroatoms. The lowest BCUT2D eigenvalue weighted by molar-refractivity contribution is -0.125. The molecule has 0 bridgehead atoms. The summed E-state index contributed by atoms with van der Waals surface area (Å²) >= 11 is 0. The van der Waals surface area contributed by atoms with Gasteiger partial charge in [-0.2, -0.15) is 0 Å². The average molecular weight is 288 g/mol. The van der Waals surface area contributed by atoms with Gasteiger partial charge in [-0.15, -0.1) is 0 Å². The molecule has 0 aromatic heterocycles. The zero-order chi connectivity index (χ0) is 16.2. The minimum atomic E-state index is -0.0968. The van der Waals surface area contributed by atoms with Crippen LogP contribution in [0.25, 0.3) is 0 Å². The molecule has 2 aliphatic rings. The Morgan fingerprint density at radius 3 is 2.19 bits per heavy atom. The van der Waals surface area contributed by atoms with Crippen molar-refractivity contribution in [1.29, 1.82) is 0 Å². The Hall–Kier alpha value is -1.11. The summed E-state index contributed by atoms with van der Waals surface area (Å²) in [4.78, 5) is 13.0. The van der Waals surface area contributed by atoms with Crippen molar-refractivity contribution < 1.29 is 4.79 Å². The van der Waals surface area contributed by atoms with Crippen LogP contribution < -0.4 is 0 Å². The van der Waals surface area contributed by atoms with Gasteiger partial charge in [0.1, 0.15) is 0 Å². The molecule has 2 rings (SSSR count). The fraction of sp³-hybridized carbons (Fsp3) is 0.650. The smallest absolute Gasteiger partial charge is 0.169 e. The molecule has 0 aliphatic heterocycles. The Morgan fingerprint density at radius 1 is 1.24 bits per heavy atom. The highest BCUT2D eigenvalue weighted by Gasteiger charge is 2.48. The molecule has 1 fully saturated rings. The summed E-state index contributed by atoms with van der Waals surface area (Å²) < 4.78 is 0. The minimum absolute atomic E-state index is 0.0968. The van der Waals surface area contributed by atoms with Crippen molar-refractivity contribution in [2.45, 2.75) is 73.6 Å². The quantitative estimate of drug-likeness (QED) is 0.607. The van der Waals surface area contributed by atoms with Gasteiger partial charge in [0, 0.05) is 11.0 Å². The van der Waals surface area contributed by atoms with Gasteiger partial charge < -0.3 is 0 Å². The van der Waals surface area contributed by atoms with Crippen LogP contribution in [-0.2, 0) is 4.79 Å². The van der Waals surface area contributed by atoms with E-state index in [1.807, 2.05) is 27.7 Å². The summed E-state index contributed by atoms with van der Waals surface area (Å²) in [5, 5.41) is 0. The first kappa shape index (κ1) is 17.9. The molecule has 0 amide bonds. The van der Waals surface area contributed by atoms with Gasteiger partial charge in [-0.25, -0.2) is 0 Å². The predicted molar refractivity (Wildman–Crippen MR) is 92.3 cm³/mol. The van der Waals surface area contributed by atoms with E-state index in [4.69, 9.17) is 0 Å². The number of carbonyl (C=O) groups is 1. The van der Waals surface area contributed by atoms with Gasteiger partial charge in [-0.1, -0.05) is 39.0 Å². The van der Waals surface area contributed by atoms with Crippen LogP contribution in [0.3, 0.4) is 0 Å². The summed E-state index contributed by atoms with van der Waals surface area (Å²) in [5.74, 6) is 1.17. The molecule has 0 radical (unpaired) electrons. The van der Waals surface area contributed by atoms with Crippen molar-refractivity contribution >= 4 is 5.78 Å². The van der Waals surface area contributed by atoms with Gasteiger partial charge in [0.15, 0.2) is 5.78 Å². The molecule has 0 N–H and O–H groups in total. The summed E-state index contributed by atoms with van der Waals surface area (Å²) in [6, 6.07) is 0. The SMILES string of the molecule is C=C(C)C1=C(/C(C)=C\C)C(=O)C2(CCC(C)CC2)C1.CC. The first-order valence-electron chi connectivity index (χ1n) is 8.48. The highest BCUT2D eigenvalue weighted by Crippen LogP contribution is 2.52. The van der Waals surface area contributed by atoms with Crippen molar-refractivity contribution in [3.63, 3.8) is 0 Å². The standard InChI is InChI=1S/C18H26O.C2H6/c1-6-14(5)16-15(12(2)3)11-18(17(16)19)9-7-13(4)8-10-18;1-2/h6,13H,2,7-11H2,1,3-5H3;1-2H3/b14-6-;. The van der Waals surface area contributed by atoms with Crippen molar-refractivity contribution in [1.82, 2.24) is 0 Å². The molecule has 1 nitrogen and oxygen atoms in total. The molecule has 1 spiro atoms. The van der Waals surface area contributed by atoms with Gasteiger partial charge in [-0.05, 0) is 69.9 Å². The van der Waals surface area contributed by atoms with E-state index >= 15 is 0 Å². The van der Waals surface area contributed by atoms with Crippen LogP contribution in [0.5, 0.6) is 0 Å². The molecule has 0 heterocycles. The van der Waals surface area contributed by atoms with E-state index in [9.17, 15) is 4.79 Å². The number of carbonyl (C=O) groups excluding carboxylic acids is 1. The fourth-order valence-corrected chi connectivity index (χ4v) is 3.55. The average Bonchev–Trinajstić information content (AvgIpc) is 2.77. The highest BCUT2D eigenvalue weighted by atomic mass is 16.1. The molecule has 1 saturated carbocycles. The minimum Gasteiger partial charge on any atom is -0.294 e. The second-order valence-electron chi connectivity index (χ2n) is 6.57. The number of hydrogen-bond acceptors (Lipinski definition) is 1. The summed E-state index contributed by atoms with van der Waals surface area (Å²) in [6.45, 7) is 16.5. The van der Waals surface area contributed by atoms with Crippen LogP contribution in [0.4, 0.5) is 0 Å². The Kier molecular flexibility index (Phi) is 6.19. The van der Waals surface area contributed by atoms with Crippen LogP contribution in [0.1, 0.15) is 73.6 Å². The second-order valence-corrected chi connectivity index (χ2v) is 6.57. The first-order valence-corrected chi connectivity index (χ1v) is 8.48. The third-order valence-electron chi connectivity index (χ3n) is 5.10. The molecule has 118 valence electrons. The van der Waals surface area contributed by atoms with Crippen molar-refractivity contribution in [2.24, 2.45) is 11.3 Å². The molecule has 0 atom stereocenters. The van der Waals surface area contributed by atoms with E-state index in [-0.39, 0.29) is 5.41 Å². The van der Waals surface area contributed by atoms with E-state index < -0.39 is 0 Å². The Balaban J connectivity index is 0.00000106. The summed E-state index contributed by atoms with van der Waals surface area (Å²) in [5.41, 5.74) is 4.29. The predicted octanol–water partition coefficient (Wildman–Crippen LogP) is 6.02. The molecule has 0 saturated heterocycles. The van der Waals surface area contributed by atoms with Gasteiger partial charge in [0.25, 0.3) is 0 Å². The van der Waals surface area contributed by atoms with E-state index in [2.05, 4.69) is 26.5 Å². The number of Topliss-reactive ketones (excluding diaryl/α,β-unsaturated/α-hetero) is 1. The fourth-order valence-electron chi connectivity index (χ4n) is 3.55. The number of ketones is 1. The summed E-state index contributed by atoms with van der Waals surface area (Å²) in [7, 11) is 0. The maximum Gasteiger partial charge on any atom is 0.169 e. The van der Waals surface area contributed by atoms with E-state index in [1.54, 1.807) is 0 Å². The van der Waals surface area contributed by atoms with Crippen LogP contribution in [0.2, 0.25) is 0 Å². The van der Waals surface area contributed by atoms with Crippen molar-refractivity contribution in [3.8, 4) is 0 Å². The molecular formula is C20H32O. The third kappa shape index (κ3) is 3.39. The molecule has 0 unspecified atom stereocenters. The highest BCUT2D eigenvalue weighted by molar-refractivity contribution is 6.07. The maximum absolute atomic E-state index is 13.0. The van der Waals surface area contributed by atoms with Crippen LogP contribution in [0, 0.1) is 11.3 Å². The molecule has 21 heavy (non-hydrogen) atoms. The first-order chi connectivity index (χ1) is 9.91. The van der Waals surface area contributed by atoms with Gasteiger partial charge >= 0.3 is 0 Å². The van der Waals surface area contributed by atoms with Gasteiger partial charge in [0.05, 0.1) is 0 Å². The third-order valence-corrected chi connectivity index (χ3v) is 5.10. The normalized spacial score (nSPS) is 29.5. The Morgan fingerprint density at radius 2 is 1.76 bits per heavy atom. The maximum atomic E-state index is 13.0. The molecule has 2 aliphatic carbocycles. The summed E-state index contributed by atoms with van der Waals surface area (Å²) in [6.07, 6.45) is 7.48. The number of allylic oxidation sites excluding steroid dienone is 5. The van der Waals surface area contributed by atoms with Crippen LogP contribution >= 0.6 is 0 Å². The monoisotopic (exact) mass is 288 g/mol. The molecule has 0 aromatic carbocycles.